The predicted molar refractivity (Wildman–Crippen MR) is 315 cm³/mol. The molecular formula is C67H132O4. The molecular weight excluding hydrogens is 869 g/mol. The predicted octanol–water partition coefficient (Wildman–Crippen LogP) is 24.5. The Morgan fingerprint density at radius 1 is 0.127 bits per heavy atom. The summed E-state index contributed by atoms with van der Waals surface area (Å²) in [5, 5.41) is 17.4. The van der Waals surface area contributed by atoms with Crippen LogP contribution in [0.5, 0.6) is 0 Å². The van der Waals surface area contributed by atoms with Crippen LogP contribution in [0, 0.1) is 0 Å². The van der Waals surface area contributed by atoms with Gasteiger partial charge in [-0.25, -0.2) is 0 Å². The van der Waals surface area contributed by atoms with Crippen LogP contribution < -0.4 is 0 Å². The Morgan fingerprint density at radius 3 is 0.239 bits per heavy atom. The summed E-state index contributed by atoms with van der Waals surface area (Å²) in [5.41, 5.74) is 0. The second-order valence-corrected chi connectivity index (χ2v) is 23.6. The van der Waals surface area contributed by atoms with Crippen molar-refractivity contribution in [3.05, 3.63) is 0 Å². The molecule has 0 aromatic carbocycles. The molecule has 0 aliphatic heterocycles. The number of hydrogen-bond acceptors (Lipinski definition) is 2. The van der Waals surface area contributed by atoms with E-state index in [0.29, 0.717) is 12.8 Å². The summed E-state index contributed by atoms with van der Waals surface area (Å²) in [6.45, 7) is 0. The summed E-state index contributed by atoms with van der Waals surface area (Å²) in [4.78, 5) is 21.1. The van der Waals surface area contributed by atoms with Gasteiger partial charge in [0.25, 0.3) is 0 Å². The van der Waals surface area contributed by atoms with Gasteiger partial charge in [0, 0.05) is 12.8 Å². The Bertz CT molecular complexity index is 903. The molecule has 0 spiro atoms. The molecule has 0 aromatic rings. The maximum absolute atomic E-state index is 10.5. The summed E-state index contributed by atoms with van der Waals surface area (Å²) < 4.78 is 0. The van der Waals surface area contributed by atoms with Crippen molar-refractivity contribution in [1.82, 2.24) is 0 Å². The molecule has 0 amide bonds. The standard InChI is InChI=1S/C67H132O4/c68-66(69)64-62-60-58-56-54-52-50-48-46-44-42-40-38-36-34-32-30-28-26-24-22-20-18-16-14-12-10-8-6-4-2-1-3-5-7-9-11-13-15-17-19-21-23-25-27-29-31-33-35-37-39-41-43-45-47-49-51-53-55-57-59-61-63-65-67(70)71/h1-65H2,(H,68,69)(H,70,71). The largest absolute Gasteiger partial charge is 0.481 e. The first-order valence-corrected chi connectivity index (χ1v) is 33.6. The Kier molecular flexibility index (Phi) is 64.1. The molecule has 2 N–H and O–H groups in total. The molecule has 0 aliphatic rings. The lowest BCUT2D eigenvalue weighted by Crippen LogP contribution is -1.93. The number of carboxylic acid groups (broad SMARTS) is 2. The average Bonchev–Trinajstić information content (AvgIpc) is 3.36. The third kappa shape index (κ3) is 68.9. The van der Waals surface area contributed by atoms with E-state index < -0.39 is 11.9 Å². The fraction of sp³-hybridized carbons (Fsp3) is 0.970. The molecule has 4 nitrogen and oxygen atoms in total. The number of carboxylic acids is 2. The van der Waals surface area contributed by atoms with Crippen LogP contribution in [0.3, 0.4) is 0 Å². The van der Waals surface area contributed by atoms with Gasteiger partial charge in [-0.3, -0.25) is 9.59 Å². The molecule has 0 aliphatic carbocycles. The number of hydrogen-bond donors (Lipinski definition) is 2. The Balaban J connectivity index is 3.08. The average molecular weight is 1000 g/mol. The monoisotopic (exact) mass is 1000 g/mol. The number of aliphatic carboxylic acids is 2. The number of unbranched alkanes of at least 4 members (excludes halogenated alkanes) is 62. The Morgan fingerprint density at radius 2 is 0.183 bits per heavy atom. The third-order valence-corrected chi connectivity index (χ3v) is 16.3. The van der Waals surface area contributed by atoms with Gasteiger partial charge in [-0.05, 0) is 12.8 Å². The summed E-state index contributed by atoms with van der Waals surface area (Å²) in [6, 6.07) is 0. The zero-order valence-electron chi connectivity index (χ0n) is 48.7. The third-order valence-electron chi connectivity index (χ3n) is 16.3. The molecule has 424 valence electrons. The molecule has 0 radical (unpaired) electrons. The van der Waals surface area contributed by atoms with Gasteiger partial charge in [0.15, 0.2) is 0 Å². The Labute approximate surface area is 447 Å². The molecule has 71 heavy (non-hydrogen) atoms. The van der Waals surface area contributed by atoms with Gasteiger partial charge < -0.3 is 10.2 Å². The van der Waals surface area contributed by atoms with Crippen molar-refractivity contribution in [3.8, 4) is 0 Å². The van der Waals surface area contributed by atoms with E-state index in [4.69, 9.17) is 10.2 Å². The quantitative estimate of drug-likeness (QED) is 0.0596. The van der Waals surface area contributed by atoms with Crippen molar-refractivity contribution in [2.45, 2.75) is 417 Å². The van der Waals surface area contributed by atoms with Crippen LogP contribution in [0.15, 0.2) is 0 Å². The van der Waals surface area contributed by atoms with Gasteiger partial charge in [-0.1, -0.05) is 392 Å². The van der Waals surface area contributed by atoms with Crippen molar-refractivity contribution in [3.63, 3.8) is 0 Å². The lowest BCUT2D eigenvalue weighted by molar-refractivity contribution is -0.138. The second-order valence-electron chi connectivity index (χ2n) is 23.6. The zero-order valence-corrected chi connectivity index (χ0v) is 48.7. The lowest BCUT2D eigenvalue weighted by atomic mass is 10.0. The molecule has 4 heteroatoms. The van der Waals surface area contributed by atoms with Gasteiger partial charge in [0.05, 0.1) is 0 Å². The summed E-state index contributed by atoms with van der Waals surface area (Å²) >= 11 is 0. The van der Waals surface area contributed by atoms with Gasteiger partial charge >= 0.3 is 11.9 Å². The summed E-state index contributed by atoms with van der Waals surface area (Å²) in [6.07, 6.45) is 89.7. The van der Waals surface area contributed by atoms with Crippen LogP contribution >= 0.6 is 0 Å². The van der Waals surface area contributed by atoms with Crippen molar-refractivity contribution in [2.24, 2.45) is 0 Å². The fourth-order valence-corrected chi connectivity index (χ4v) is 11.3. The second kappa shape index (κ2) is 65.1. The van der Waals surface area contributed by atoms with Crippen LogP contribution in [-0.4, -0.2) is 22.2 Å². The van der Waals surface area contributed by atoms with E-state index in [1.54, 1.807) is 0 Å². The summed E-state index contributed by atoms with van der Waals surface area (Å²) in [5.74, 6) is -1.29. The minimum Gasteiger partial charge on any atom is -0.481 e. The van der Waals surface area contributed by atoms with Crippen LogP contribution in [0.4, 0.5) is 0 Å². The molecule has 0 unspecified atom stereocenters. The van der Waals surface area contributed by atoms with Crippen molar-refractivity contribution in [1.29, 1.82) is 0 Å². The molecule has 0 heterocycles. The van der Waals surface area contributed by atoms with Gasteiger partial charge in [0.2, 0.25) is 0 Å². The van der Waals surface area contributed by atoms with Gasteiger partial charge in [0.1, 0.15) is 0 Å². The maximum Gasteiger partial charge on any atom is 0.303 e. The highest BCUT2D eigenvalue weighted by atomic mass is 16.4. The van der Waals surface area contributed by atoms with Crippen LogP contribution in [-0.2, 0) is 9.59 Å². The fourth-order valence-electron chi connectivity index (χ4n) is 11.3. The van der Waals surface area contributed by atoms with E-state index >= 15 is 0 Å². The van der Waals surface area contributed by atoms with E-state index in [1.807, 2.05) is 0 Å². The lowest BCUT2D eigenvalue weighted by Gasteiger charge is -2.05. The van der Waals surface area contributed by atoms with Gasteiger partial charge in [-0.2, -0.15) is 0 Å². The molecule has 0 fully saturated rings. The molecule has 0 atom stereocenters. The van der Waals surface area contributed by atoms with E-state index in [0.717, 1.165) is 25.7 Å². The maximum atomic E-state index is 10.5. The van der Waals surface area contributed by atoms with Crippen LogP contribution in [0.2, 0.25) is 0 Å². The smallest absolute Gasteiger partial charge is 0.303 e. The minimum absolute atomic E-state index is 0.345. The SMILES string of the molecule is O=C(O)CCCCCCCCCCCCCCCCCCCCCCCCCCCCCCCCCCCCCCCCCCCCCCCCCCCCCCCCCCCCCCCCCC(=O)O. The number of carbonyl (C=O) groups is 2. The van der Waals surface area contributed by atoms with Crippen LogP contribution in [0.25, 0.3) is 0 Å². The highest BCUT2D eigenvalue weighted by Gasteiger charge is 2.02. The van der Waals surface area contributed by atoms with E-state index in [-0.39, 0.29) is 0 Å². The molecule has 0 aromatic heterocycles. The normalized spacial score (nSPS) is 11.6. The molecule has 0 rings (SSSR count). The first-order valence-electron chi connectivity index (χ1n) is 33.6. The highest BCUT2D eigenvalue weighted by molar-refractivity contribution is 5.66. The first-order chi connectivity index (χ1) is 35.1. The molecule has 0 saturated heterocycles. The number of rotatable bonds is 66. The van der Waals surface area contributed by atoms with Gasteiger partial charge in [-0.15, -0.1) is 0 Å². The highest BCUT2D eigenvalue weighted by Crippen LogP contribution is 2.20. The van der Waals surface area contributed by atoms with E-state index in [2.05, 4.69) is 0 Å². The first kappa shape index (κ1) is 69.9. The van der Waals surface area contributed by atoms with Crippen molar-refractivity contribution < 1.29 is 19.8 Å². The van der Waals surface area contributed by atoms with E-state index in [1.165, 1.54) is 379 Å². The van der Waals surface area contributed by atoms with Crippen LogP contribution in [0.1, 0.15) is 417 Å². The molecule has 0 saturated carbocycles. The topological polar surface area (TPSA) is 74.6 Å². The molecule has 0 bridgehead atoms. The Hall–Kier alpha value is -1.06. The van der Waals surface area contributed by atoms with E-state index in [9.17, 15) is 9.59 Å². The van der Waals surface area contributed by atoms with Crippen molar-refractivity contribution >= 4 is 11.9 Å². The van der Waals surface area contributed by atoms with Crippen molar-refractivity contribution in [2.75, 3.05) is 0 Å². The zero-order chi connectivity index (χ0) is 51.1. The summed E-state index contributed by atoms with van der Waals surface area (Å²) in [7, 11) is 0. The minimum atomic E-state index is -0.647.